The fraction of sp³-hybridized carbons (Fsp3) is 0.571. The van der Waals surface area contributed by atoms with Crippen LogP contribution in [0.5, 0.6) is 5.75 Å². The Hall–Kier alpha value is -1.02. The van der Waals surface area contributed by atoms with Crippen LogP contribution >= 0.6 is 0 Å². The van der Waals surface area contributed by atoms with Gasteiger partial charge in [0.1, 0.15) is 5.75 Å². The molecule has 1 aliphatic rings. The molecule has 1 N–H and O–H groups in total. The summed E-state index contributed by atoms with van der Waals surface area (Å²) in [6.45, 7) is 4.56. The van der Waals surface area contributed by atoms with Crippen LogP contribution in [0.3, 0.4) is 0 Å². The highest BCUT2D eigenvalue weighted by Gasteiger charge is 2.27. The van der Waals surface area contributed by atoms with Crippen LogP contribution < -0.4 is 10.1 Å². The minimum absolute atomic E-state index is 0.267. The van der Waals surface area contributed by atoms with Crippen LogP contribution in [0.4, 0.5) is 0 Å². The SMILES string of the molecule is COc1ccc(C2CCCC(C)(C)N2)cc1. The van der Waals surface area contributed by atoms with Gasteiger partial charge in [0.25, 0.3) is 0 Å². The maximum atomic E-state index is 5.18. The lowest BCUT2D eigenvalue weighted by molar-refractivity contribution is 0.245. The summed E-state index contributed by atoms with van der Waals surface area (Å²) in [7, 11) is 1.71. The first-order valence-electron chi connectivity index (χ1n) is 6.02. The van der Waals surface area contributed by atoms with Gasteiger partial charge in [-0.2, -0.15) is 0 Å². The summed E-state index contributed by atoms with van der Waals surface area (Å²) in [6, 6.07) is 8.90. The number of hydrogen-bond acceptors (Lipinski definition) is 2. The molecule has 0 amide bonds. The van der Waals surface area contributed by atoms with Crippen molar-refractivity contribution in [3.8, 4) is 5.75 Å². The molecule has 0 spiro atoms. The van der Waals surface area contributed by atoms with Crippen LogP contribution in [0.1, 0.15) is 44.7 Å². The second-order valence-corrected chi connectivity index (χ2v) is 5.25. The lowest BCUT2D eigenvalue weighted by Gasteiger charge is -2.37. The zero-order valence-electron chi connectivity index (χ0n) is 10.4. The van der Waals surface area contributed by atoms with E-state index in [1.54, 1.807) is 7.11 Å². The lowest BCUT2D eigenvalue weighted by Crippen LogP contribution is -2.44. The maximum Gasteiger partial charge on any atom is 0.118 e. The van der Waals surface area contributed by atoms with Gasteiger partial charge in [-0.1, -0.05) is 12.1 Å². The molecule has 2 nitrogen and oxygen atoms in total. The molecule has 1 aliphatic heterocycles. The average molecular weight is 219 g/mol. The number of benzene rings is 1. The summed E-state index contributed by atoms with van der Waals surface area (Å²) in [5, 5.41) is 3.71. The lowest BCUT2D eigenvalue weighted by atomic mass is 9.86. The van der Waals surface area contributed by atoms with Gasteiger partial charge in [-0.3, -0.25) is 0 Å². The molecule has 1 fully saturated rings. The van der Waals surface area contributed by atoms with Crippen LogP contribution in [0.15, 0.2) is 24.3 Å². The first-order chi connectivity index (χ1) is 7.61. The quantitative estimate of drug-likeness (QED) is 0.824. The molecule has 0 aromatic heterocycles. The molecule has 1 atom stereocenters. The van der Waals surface area contributed by atoms with Crippen molar-refractivity contribution in [2.45, 2.75) is 44.7 Å². The van der Waals surface area contributed by atoms with Crippen LogP contribution in [-0.4, -0.2) is 12.6 Å². The van der Waals surface area contributed by atoms with Gasteiger partial charge in [0.05, 0.1) is 7.11 Å². The van der Waals surface area contributed by atoms with Gasteiger partial charge >= 0.3 is 0 Å². The molecule has 0 aliphatic carbocycles. The molecule has 1 saturated heterocycles. The molecule has 1 aromatic rings. The first kappa shape index (κ1) is 11.5. The van der Waals surface area contributed by atoms with Gasteiger partial charge in [-0.05, 0) is 50.8 Å². The van der Waals surface area contributed by atoms with E-state index in [4.69, 9.17) is 4.74 Å². The molecular weight excluding hydrogens is 198 g/mol. The monoisotopic (exact) mass is 219 g/mol. The van der Waals surface area contributed by atoms with Gasteiger partial charge in [0, 0.05) is 11.6 Å². The standard InChI is InChI=1S/C14H21NO/c1-14(2)10-4-5-13(15-14)11-6-8-12(16-3)9-7-11/h6-9,13,15H,4-5,10H2,1-3H3. The third kappa shape index (κ3) is 2.56. The summed E-state index contributed by atoms with van der Waals surface area (Å²) in [4.78, 5) is 0. The van der Waals surface area contributed by atoms with Gasteiger partial charge in [-0.25, -0.2) is 0 Å². The number of piperidine rings is 1. The minimum Gasteiger partial charge on any atom is -0.497 e. The van der Waals surface area contributed by atoms with E-state index in [0.717, 1.165) is 5.75 Å². The number of nitrogens with one attached hydrogen (secondary N) is 1. The summed E-state index contributed by atoms with van der Waals surface area (Å²) < 4.78 is 5.18. The molecule has 1 heterocycles. The maximum absolute atomic E-state index is 5.18. The predicted molar refractivity (Wildman–Crippen MR) is 66.8 cm³/mol. The summed E-state index contributed by atoms with van der Waals surface area (Å²) in [6.07, 6.45) is 3.80. The molecule has 88 valence electrons. The van der Waals surface area contributed by atoms with E-state index >= 15 is 0 Å². The summed E-state index contributed by atoms with van der Waals surface area (Å²) >= 11 is 0. The Balaban J connectivity index is 2.11. The molecule has 16 heavy (non-hydrogen) atoms. The van der Waals surface area contributed by atoms with Crippen molar-refractivity contribution in [2.24, 2.45) is 0 Å². The van der Waals surface area contributed by atoms with Gasteiger partial charge < -0.3 is 10.1 Å². The fourth-order valence-electron chi connectivity index (χ4n) is 2.45. The summed E-state index contributed by atoms with van der Waals surface area (Å²) in [5.41, 5.74) is 1.64. The van der Waals surface area contributed by atoms with E-state index in [0.29, 0.717) is 6.04 Å². The molecule has 1 unspecified atom stereocenters. The Kier molecular flexibility index (Phi) is 3.20. The first-order valence-corrected chi connectivity index (χ1v) is 6.02. The molecule has 0 radical (unpaired) electrons. The predicted octanol–water partition coefficient (Wildman–Crippen LogP) is 3.29. The highest BCUT2D eigenvalue weighted by molar-refractivity contribution is 5.29. The second kappa shape index (κ2) is 4.46. The second-order valence-electron chi connectivity index (χ2n) is 5.25. The zero-order valence-corrected chi connectivity index (χ0v) is 10.4. The topological polar surface area (TPSA) is 21.3 Å². The van der Waals surface area contributed by atoms with Crippen molar-refractivity contribution in [1.29, 1.82) is 0 Å². The van der Waals surface area contributed by atoms with Crippen molar-refractivity contribution in [1.82, 2.24) is 5.32 Å². The van der Waals surface area contributed by atoms with Crippen molar-refractivity contribution in [3.05, 3.63) is 29.8 Å². The largest absolute Gasteiger partial charge is 0.497 e. The molecule has 0 bridgehead atoms. The smallest absolute Gasteiger partial charge is 0.118 e. The Morgan fingerprint density at radius 1 is 1.25 bits per heavy atom. The van der Waals surface area contributed by atoms with E-state index in [1.165, 1.54) is 24.8 Å². The normalized spacial score (nSPS) is 24.1. The molecule has 2 heteroatoms. The Labute approximate surface area is 98.0 Å². The average Bonchev–Trinajstić information content (AvgIpc) is 2.28. The Bertz CT molecular complexity index is 342. The Morgan fingerprint density at radius 3 is 2.50 bits per heavy atom. The number of hydrogen-bond donors (Lipinski definition) is 1. The van der Waals surface area contributed by atoms with Gasteiger partial charge in [-0.15, -0.1) is 0 Å². The van der Waals surface area contributed by atoms with Crippen molar-refractivity contribution < 1.29 is 4.74 Å². The van der Waals surface area contributed by atoms with Gasteiger partial charge in [0.2, 0.25) is 0 Å². The van der Waals surface area contributed by atoms with Crippen LogP contribution in [0.2, 0.25) is 0 Å². The minimum atomic E-state index is 0.267. The third-order valence-corrected chi connectivity index (χ3v) is 3.38. The fourth-order valence-corrected chi connectivity index (χ4v) is 2.45. The van der Waals surface area contributed by atoms with E-state index in [-0.39, 0.29) is 5.54 Å². The van der Waals surface area contributed by atoms with Crippen molar-refractivity contribution >= 4 is 0 Å². The molecular formula is C14H21NO. The highest BCUT2D eigenvalue weighted by atomic mass is 16.5. The van der Waals surface area contributed by atoms with Crippen LogP contribution in [0.25, 0.3) is 0 Å². The van der Waals surface area contributed by atoms with E-state index in [2.05, 4.69) is 31.3 Å². The molecule has 1 aromatic carbocycles. The number of ether oxygens (including phenoxy) is 1. The number of rotatable bonds is 2. The Morgan fingerprint density at radius 2 is 1.94 bits per heavy atom. The molecule has 2 rings (SSSR count). The summed E-state index contributed by atoms with van der Waals surface area (Å²) in [5.74, 6) is 0.929. The molecule has 0 saturated carbocycles. The van der Waals surface area contributed by atoms with E-state index in [1.807, 2.05) is 12.1 Å². The third-order valence-electron chi connectivity index (χ3n) is 3.38. The van der Waals surface area contributed by atoms with E-state index in [9.17, 15) is 0 Å². The number of methoxy groups -OCH3 is 1. The zero-order chi connectivity index (χ0) is 11.6. The highest BCUT2D eigenvalue weighted by Crippen LogP contribution is 2.31. The van der Waals surface area contributed by atoms with Crippen molar-refractivity contribution in [3.63, 3.8) is 0 Å². The van der Waals surface area contributed by atoms with Gasteiger partial charge in [0.15, 0.2) is 0 Å². The van der Waals surface area contributed by atoms with Crippen molar-refractivity contribution in [2.75, 3.05) is 7.11 Å². The van der Waals surface area contributed by atoms with Crippen LogP contribution in [-0.2, 0) is 0 Å². The van der Waals surface area contributed by atoms with E-state index < -0.39 is 0 Å². The van der Waals surface area contributed by atoms with Crippen LogP contribution in [0, 0.1) is 0 Å².